The predicted octanol–water partition coefficient (Wildman–Crippen LogP) is 6.03. The van der Waals surface area contributed by atoms with Crippen LogP contribution in [-0.4, -0.2) is 15.0 Å². The first kappa shape index (κ1) is 17.5. The van der Waals surface area contributed by atoms with E-state index in [-0.39, 0.29) is 0 Å². The highest BCUT2D eigenvalue weighted by Crippen LogP contribution is 2.37. The van der Waals surface area contributed by atoms with Crippen molar-refractivity contribution in [2.24, 2.45) is 0 Å². The van der Waals surface area contributed by atoms with E-state index in [0.717, 1.165) is 32.7 Å². The molecular weight excluding hydrogens is 376 g/mol. The van der Waals surface area contributed by atoms with Gasteiger partial charge in [-0.1, -0.05) is 54.6 Å². The van der Waals surface area contributed by atoms with Crippen molar-refractivity contribution >= 4 is 27.4 Å². The Morgan fingerprint density at radius 1 is 0.759 bits per heavy atom. The van der Waals surface area contributed by atoms with Gasteiger partial charge in [0.2, 0.25) is 0 Å². The highest BCUT2D eigenvalue weighted by atomic mass is 32.1. The lowest BCUT2D eigenvalue weighted by molar-refractivity contribution is 1.09. The van der Waals surface area contributed by atoms with E-state index in [1.54, 1.807) is 30.1 Å². The van der Waals surface area contributed by atoms with E-state index in [0.29, 0.717) is 6.54 Å². The van der Waals surface area contributed by atoms with Crippen molar-refractivity contribution in [1.82, 2.24) is 15.0 Å². The first-order valence-electron chi connectivity index (χ1n) is 9.39. The van der Waals surface area contributed by atoms with Crippen LogP contribution in [0.2, 0.25) is 0 Å². The van der Waals surface area contributed by atoms with Gasteiger partial charge in [-0.05, 0) is 34.4 Å². The lowest BCUT2D eigenvalue weighted by Crippen LogP contribution is -2.02. The zero-order valence-electron chi connectivity index (χ0n) is 15.6. The molecular formula is C24H18N4S. The van der Waals surface area contributed by atoms with Gasteiger partial charge >= 0.3 is 0 Å². The molecule has 3 heterocycles. The summed E-state index contributed by atoms with van der Waals surface area (Å²) < 4.78 is 0. The van der Waals surface area contributed by atoms with Crippen molar-refractivity contribution in [3.8, 4) is 22.3 Å². The van der Waals surface area contributed by atoms with E-state index in [1.165, 1.54) is 11.1 Å². The van der Waals surface area contributed by atoms with Crippen LogP contribution >= 0.6 is 11.3 Å². The molecule has 0 aliphatic rings. The van der Waals surface area contributed by atoms with Gasteiger partial charge < -0.3 is 5.32 Å². The van der Waals surface area contributed by atoms with Crippen LogP contribution in [0.25, 0.3) is 32.5 Å². The minimum absolute atomic E-state index is 0.691. The summed E-state index contributed by atoms with van der Waals surface area (Å²) in [4.78, 5) is 14.0. The average Bonchev–Trinajstić information content (AvgIpc) is 3.24. The summed E-state index contributed by atoms with van der Waals surface area (Å²) in [7, 11) is 0. The van der Waals surface area contributed by atoms with E-state index >= 15 is 0 Å². The second-order valence-electron chi connectivity index (χ2n) is 6.70. The van der Waals surface area contributed by atoms with E-state index in [2.05, 4.69) is 74.2 Å². The summed E-state index contributed by atoms with van der Waals surface area (Å²) >= 11 is 1.64. The molecule has 0 bridgehead atoms. The standard InChI is InChI=1S/C24H18N4S/c1-2-4-18(5-3-1)19-6-8-20(9-7-19)21-15-29-24-22(21)23(27-16-28-24)26-14-17-10-12-25-13-11-17/h1-13,15-16H,14H2,(H,26,27,28). The van der Waals surface area contributed by atoms with E-state index in [4.69, 9.17) is 0 Å². The van der Waals surface area contributed by atoms with Crippen LogP contribution < -0.4 is 5.32 Å². The first-order chi connectivity index (χ1) is 14.4. The molecule has 2 aromatic carbocycles. The molecule has 4 nitrogen and oxygen atoms in total. The van der Waals surface area contributed by atoms with Crippen molar-refractivity contribution < 1.29 is 0 Å². The predicted molar refractivity (Wildman–Crippen MR) is 120 cm³/mol. The number of hydrogen-bond acceptors (Lipinski definition) is 5. The van der Waals surface area contributed by atoms with Gasteiger partial charge in [-0.15, -0.1) is 11.3 Å². The highest BCUT2D eigenvalue weighted by molar-refractivity contribution is 7.17. The van der Waals surface area contributed by atoms with E-state index in [1.807, 2.05) is 18.2 Å². The fraction of sp³-hybridized carbons (Fsp3) is 0.0417. The van der Waals surface area contributed by atoms with Gasteiger partial charge in [0.15, 0.2) is 0 Å². The van der Waals surface area contributed by atoms with Crippen molar-refractivity contribution in [1.29, 1.82) is 0 Å². The molecule has 140 valence electrons. The Bertz CT molecular complexity index is 1230. The number of hydrogen-bond donors (Lipinski definition) is 1. The minimum atomic E-state index is 0.691. The molecule has 29 heavy (non-hydrogen) atoms. The minimum Gasteiger partial charge on any atom is -0.365 e. The zero-order chi connectivity index (χ0) is 19.5. The number of fused-ring (bicyclic) bond motifs is 1. The number of anilines is 1. The molecule has 0 saturated carbocycles. The Morgan fingerprint density at radius 2 is 1.48 bits per heavy atom. The fourth-order valence-electron chi connectivity index (χ4n) is 3.38. The number of benzene rings is 2. The van der Waals surface area contributed by atoms with Crippen LogP contribution in [-0.2, 0) is 6.54 Å². The first-order valence-corrected chi connectivity index (χ1v) is 10.3. The second-order valence-corrected chi connectivity index (χ2v) is 7.56. The SMILES string of the molecule is c1ccc(-c2ccc(-c3csc4ncnc(NCc5ccncc5)c34)cc2)cc1. The van der Waals surface area contributed by atoms with Crippen molar-refractivity contribution in [2.45, 2.75) is 6.54 Å². The molecule has 5 rings (SSSR count). The molecule has 0 atom stereocenters. The van der Waals surface area contributed by atoms with E-state index < -0.39 is 0 Å². The summed E-state index contributed by atoms with van der Waals surface area (Å²) in [6, 6.07) is 23.1. The Morgan fingerprint density at radius 3 is 2.28 bits per heavy atom. The van der Waals surface area contributed by atoms with Crippen molar-refractivity contribution in [3.63, 3.8) is 0 Å². The quantitative estimate of drug-likeness (QED) is 0.395. The monoisotopic (exact) mass is 394 g/mol. The number of nitrogens with one attached hydrogen (secondary N) is 1. The summed E-state index contributed by atoms with van der Waals surface area (Å²) in [6.07, 6.45) is 5.23. The van der Waals surface area contributed by atoms with Crippen molar-refractivity contribution in [3.05, 3.63) is 96.4 Å². The van der Waals surface area contributed by atoms with Crippen LogP contribution in [0.1, 0.15) is 5.56 Å². The van der Waals surface area contributed by atoms with Gasteiger partial charge in [-0.3, -0.25) is 4.98 Å². The van der Waals surface area contributed by atoms with Gasteiger partial charge in [0.1, 0.15) is 17.0 Å². The average molecular weight is 395 g/mol. The van der Waals surface area contributed by atoms with Gasteiger partial charge in [0.25, 0.3) is 0 Å². The maximum absolute atomic E-state index is 4.51. The molecule has 1 N–H and O–H groups in total. The third-order valence-electron chi connectivity index (χ3n) is 4.88. The van der Waals surface area contributed by atoms with Gasteiger partial charge in [-0.2, -0.15) is 0 Å². The lowest BCUT2D eigenvalue weighted by Gasteiger charge is -2.09. The number of aromatic nitrogens is 3. The van der Waals surface area contributed by atoms with Crippen LogP contribution in [0.4, 0.5) is 5.82 Å². The van der Waals surface area contributed by atoms with Gasteiger partial charge in [0, 0.05) is 29.9 Å². The Labute approximate surface area is 172 Å². The Kier molecular flexibility index (Phi) is 4.72. The van der Waals surface area contributed by atoms with Crippen LogP contribution in [0.5, 0.6) is 0 Å². The fourth-order valence-corrected chi connectivity index (χ4v) is 4.30. The smallest absolute Gasteiger partial charge is 0.139 e. The largest absolute Gasteiger partial charge is 0.365 e. The van der Waals surface area contributed by atoms with Gasteiger partial charge in [-0.25, -0.2) is 9.97 Å². The molecule has 0 aliphatic carbocycles. The highest BCUT2D eigenvalue weighted by Gasteiger charge is 2.13. The molecule has 5 heteroatoms. The number of pyridine rings is 1. The van der Waals surface area contributed by atoms with Crippen LogP contribution in [0, 0.1) is 0 Å². The van der Waals surface area contributed by atoms with Gasteiger partial charge in [0.05, 0.1) is 5.39 Å². The molecule has 3 aromatic heterocycles. The summed E-state index contributed by atoms with van der Waals surface area (Å²) in [5, 5.41) is 6.69. The topological polar surface area (TPSA) is 50.7 Å². The zero-order valence-corrected chi connectivity index (χ0v) is 16.4. The van der Waals surface area contributed by atoms with Crippen LogP contribution in [0.3, 0.4) is 0 Å². The molecule has 0 amide bonds. The lowest BCUT2D eigenvalue weighted by atomic mass is 10.0. The van der Waals surface area contributed by atoms with Crippen LogP contribution in [0.15, 0.2) is 90.8 Å². The maximum Gasteiger partial charge on any atom is 0.139 e. The summed E-state index contributed by atoms with van der Waals surface area (Å²) in [5.74, 6) is 0.857. The maximum atomic E-state index is 4.51. The second kappa shape index (κ2) is 7.81. The molecule has 0 aliphatic heterocycles. The summed E-state index contributed by atoms with van der Waals surface area (Å²) in [5.41, 5.74) is 5.91. The molecule has 0 saturated heterocycles. The number of nitrogens with zero attached hydrogens (tertiary/aromatic N) is 3. The Balaban J connectivity index is 1.49. The van der Waals surface area contributed by atoms with Crippen molar-refractivity contribution in [2.75, 3.05) is 5.32 Å². The molecule has 0 radical (unpaired) electrons. The molecule has 0 spiro atoms. The molecule has 5 aromatic rings. The third kappa shape index (κ3) is 3.60. The molecule has 0 fully saturated rings. The Hall–Kier alpha value is -3.57. The molecule has 0 unspecified atom stereocenters. The third-order valence-corrected chi connectivity index (χ3v) is 5.77. The van der Waals surface area contributed by atoms with E-state index in [9.17, 15) is 0 Å². The number of thiophene rings is 1. The normalized spacial score (nSPS) is 10.9. The summed E-state index contributed by atoms with van der Waals surface area (Å²) in [6.45, 7) is 0.691. The number of rotatable bonds is 5.